The second-order valence-corrected chi connectivity index (χ2v) is 5.11. The van der Waals surface area contributed by atoms with E-state index in [1.54, 1.807) is 12.1 Å². The number of rotatable bonds is 3. The maximum Gasteiger partial charge on any atom is 0.261 e. The Morgan fingerprint density at radius 1 is 1.44 bits per heavy atom. The molecule has 0 atom stereocenters. The molecular weight excluding hydrogens is 293 g/mol. The van der Waals surface area contributed by atoms with Crippen LogP contribution in [0.1, 0.15) is 9.67 Å². The second kappa shape index (κ2) is 4.93. The lowest BCUT2D eigenvalue weighted by Crippen LogP contribution is -2.24. The smallest absolute Gasteiger partial charge is 0.261 e. The summed E-state index contributed by atoms with van der Waals surface area (Å²) in [6.07, 6.45) is 0. The van der Waals surface area contributed by atoms with Gasteiger partial charge in [0, 0.05) is 16.6 Å². The van der Waals surface area contributed by atoms with Crippen LogP contribution in [0.4, 0.5) is 4.39 Å². The number of benzene rings is 1. The average Bonchev–Trinajstić information content (AvgIpc) is 2.68. The van der Waals surface area contributed by atoms with Gasteiger partial charge in [0.1, 0.15) is 5.82 Å². The molecule has 0 saturated heterocycles. The zero-order chi connectivity index (χ0) is 11.5. The number of hydrogen-bond acceptors (Lipinski definition) is 2. The molecule has 2 nitrogen and oxygen atoms in total. The van der Waals surface area contributed by atoms with Crippen LogP contribution in [-0.4, -0.2) is 17.8 Å². The molecule has 1 aromatic heterocycles. The summed E-state index contributed by atoms with van der Waals surface area (Å²) < 4.78 is 13.7. The molecule has 2 rings (SSSR count). The van der Waals surface area contributed by atoms with Crippen LogP contribution in [0.2, 0.25) is 0 Å². The molecule has 0 radical (unpaired) electrons. The molecule has 1 aromatic carbocycles. The number of hydrogen-bond donors (Lipinski definition) is 1. The van der Waals surface area contributed by atoms with Gasteiger partial charge < -0.3 is 5.32 Å². The first kappa shape index (κ1) is 11.5. The largest absolute Gasteiger partial charge is 0.351 e. The van der Waals surface area contributed by atoms with Crippen molar-refractivity contribution in [1.82, 2.24) is 5.32 Å². The summed E-state index contributed by atoms with van der Waals surface area (Å²) in [6.45, 7) is 0.585. The second-order valence-electron chi connectivity index (χ2n) is 3.24. The van der Waals surface area contributed by atoms with Crippen LogP contribution in [0, 0.1) is 5.82 Å². The summed E-state index contributed by atoms with van der Waals surface area (Å²) in [5.74, 6) is -0.386. The van der Waals surface area contributed by atoms with Gasteiger partial charge >= 0.3 is 0 Å². The number of carbonyl (C=O) groups is 1. The summed E-state index contributed by atoms with van der Waals surface area (Å²) >= 11 is 4.54. The molecule has 0 saturated carbocycles. The van der Waals surface area contributed by atoms with Gasteiger partial charge in [-0.05, 0) is 23.6 Å². The number of carbonyl (C=O) groups excluding carboxylic acids is 1. The quantitative estimate of drug-likeness (QED) is 0.867. The zero-order valence-corrected chi connectivity index (χ0v) is 10.7. The molecule has 1 amide bonds. The van der Waals surface area contributed by atoms with Gasteiger partial charge in [-0.25, -0.2) is 4.39 Å². The Balaban J connectivity index is 2.28. The minimum absolute atomic E-state index is 0.110. The predicted octanol–water partition coefficient (Wildman–Crippen LogP) is 3.17. The minimum Gasteiger partial charge on any atom is -0.351 e. The molecule has 1 N–H and O–H groups in total. The Kier molecular flexibility index (Phi) is 3.56. The van der Waals surface area contributed by atoms with E-state index in [1.165, 1.54) is 23.5 Å². The van der Waals surface area contributed by atoms with Crippen LogP contribution in [0.15, 0.2) is 24.3 Å². The van der Waals surface area contributed by atoms with Gasteiger partial charge in [-0.15, -0.1) is 11.3 Å². The third-order valence-electron chi connectivity index (χ3n) is 2.09. The van der Waals surface area contributed by atoms with E-state index in [9.17, 15) is 9.18 Å². The fourth-order valence-corrected chi connectivity index (χ4v) is 2.57. The van der Waals surface area contributed by atoms with E-state index in [1.807, 2.05) is 0 Å². The van der Waals surface area contributed by atoms with Gasteiger partial charge in [-0.1, -0.05) is 22.0 Å². The highest BCUT2D eigenvalue weighted by Crippen LogP contribution is 2.26. The van der Waals surface area contributed by atoms with Crippen LogP contribution in [-0.2, 0) is 0 Å². The van der Waals surface area contributed by atoms with Crippen molar-refractivity contribution >= 4 is 43.3 Å². The fraction of sp³-hybridized carbons (Fsp3) is 0.182. The van der Waals surface area contributed by atoms with Gasteiger partial charge in [-0.2, -0.15) is 0 Å². The predicted molar refractivity (Wildman–Crippen MR) is 67.9 cm³/mol. The van der Waals surface area contributed by atoms with Crippen molar-refractivity contribution < 1.29 is 9.18 Å². The van der Waals surface area contributed by atoms with E-state index in [4.69, 9.17) is 0 Å². The molecule has 84 valence electrons. The van der Waals surface area contributed by atoms with Crippen molar-refractivity contribution in [1.29, 1.82) is 0 Å². The van der Waals surface area contributed by atoms with Gasteiger partial charge in [0.25, 0.3) is 5.91 Å². The molecule has 0 aliphatic carbocycles. The highest BCUT2D eigenvalue weighted by Gasteiger charge is 2.09. The SMILES string of the molecule is O=C(NCCBr)c1cc2ccc(F)cc2s1. The van der Waals surface area contributed by atoms with Crippen LogP contribution in [0.5, 0.6) is 0 Å². The normalized spacial score (nSPS) is 10.6. The van der Waals surface area contributed by atoms with Crippen molar-refractivity contribution in [2.24, 2.45) is 0 Å². The van der Waals surface area contributed by atoms with E-state index in [2.05, 4.69) is 21.2 Å². The van der Waals surface area contributed by atoms with Gasteiger partial charge in [0.05, 0.1) is 4.88 Å². The Bertz CT molecular complexity index is 526. The first-order valence-electron chi connectivity index (χ1n) is 4.74. The maximum atomic E-state index is 12.9. The third-order valence-corrected chi connectivity index (χ3v) is 3.58. The Morgan fingerprint density at radius 3 is 3.00 bits per heavy atom. The summed E-state index contributed by atoms with van der Waals surface area (Å²) in [4.78, 5) is 12.3. The van der Waals surface area contributed by atoms with E-state index in [-0.39, 0.29) is 11.7 Å². The number of halogens is 2. The first-order valence-corrected chi connectivity index (χ1v) is 6.68. The molecule has 0 bridgehead atoms. The van der Waals surface area contributed by atoms with Crippen LogP contribution in [0.25, 0.3) is 10.1 Å². The molecule has 0 fully saturated rings. The lowest BCUT2D eigenvalue weighted by molar-refractivity contribution is 0.0960. The monoisotopic (exact) mass is 301 g/mol. The number of nitrogens with one attached hydrogen (secondary N) is 1. The van der Waals surface area contributed by atoms with E-state index < -0.39 is 0 Å². The summed E-state index contributed by atoms with van der Waals surface area (Å²) in [5, 5.41) is 4.37. The molecule has 0 aliphatic heterocycles. The first-order chi connectivity index (χ1) is 7.70. The lowest BCUT2D eigenvalue weighted by Gasteiger charge is -1.98. The number of thiophene rings is 1. The van der Waals surface area contributed by atoms with Crippen LogP contribution < -0.4 is 5.32 Å². The fourth-order valence-electron chi connectivity index (χ4n) is 1.36. The minimum atomic E-state index is -0.276. The maximum absolute atomic E-state index is 12.9. The van der Waals surface area contributed by atoms with Crippen molar-refractivity contribution in [3.8, 4) is 0 Å². The summed E-state index contributed by atoms with van der Waals surface area (Å²) in [5.41, 5.74) is 0. The van der Waals surface area contributed by atoms with Gasteiger partial charge in [-0.3, -0.25) is 4.79 Å². The van der Waals surface area contributed by atoms with Crippen molar-refractivity contribution in [3.63, 3.8) is 0 Å². The molecule has 0 aliphatic rings. The molecular formula is C11H9BrFNOS. The Hall–Kier alpha value is -0.940. The van der Waals surface area contributed by atoms with Crippen LogP contribution in [0.3, 0.4) is 0 Å². The summed E-state index contributed by atoms with van der Waals surface area (Å²) in [6, 6.07) is 6.31. The topological polar surface area (TPSA) is 29.1 Å². The standard InChI is InChI=1S/C11H9BrFNOS/c12-3-4-14-11(15)10-5-7-1-2-8(13)6-9(7)16-10/h1-2,5-6H,3-4H2,(H,14,15). The highest BCUT2D eigenvalue weighted by atomic mass is 79.9. The molecule has 5 heteroatoms. The molecule has 0 spiro atoms. The number of amides is 1. The van der Waals surface area contributed by atoms with Crippen LogP contribution >= 0.6 is 27.3 Å². The highest BCUT2D eigenvalue weighted by molar-refractivity contribution is 9.09. The average molecular weight is 302 g/mol. The number of fused-ring (bicyclic) bond motifs is 1. The van der Waals surface area contributed by atoms with E-state index in [0.29, 0.717) is 11.4 Å². The lowest BCUT2D eigenvalue weighted by atomic mass is 10.2. The summed E-state index contributed by atoms with van der Waals surface area (Å²) in [7, 11) is 0. The number of alkyl halides is 1. The molecule has 1 heterocycles. The van der Waals surface area contributed by atoms with Gasteiger partial charge in [0.15, 0.2) is 0 Å². The molecule has 0 unspecified atom stereocenters. The van der Waals surface area contributed by atoms with E-state index >= 15 is 0 Å². The zero-order valence-electron chi connectivity index (χ0n) is 8.30. The Morgan fingerprint density at radius 2 is 2.25 bits per heavy atom. The van der Waals surface area contributed by atoms with Crippen molar-refractivity contribution in [3.05, 3.63) is 35.0 Å². The van der Waals surface area contributed by atoms with Crippen molar-refractivity contribution in [2.45, 2.75) is 0 Å². The van der Waals surface area contributed by atoms with Crippen molar-refractivity contribution in [2.75, 3.05) is 11.9 Å². The third kappa shape index (κ3) is 2.41. The van der Waals surface area contributed by atoms with Gasteiger partial charge in [0.2, 0.25) is 0 Å². The van der Waals surface area contributed by atoms with E-state index in [0.717, 1.165) is 15.4 Å². The molecule has 2 aromatic rings. The molecule has 16 heavy (non-hydrogen) atoms. The Labute approximate surface area is 105 Å².